The molecule has 0 bridgehead atoms. The first kappa shape index (κ1) is 20.3. The van der Waals surface area contributed by atoms with Crippen LogP contribution in [0.15, 0.2) is 18.2 Å². The minimum absolute atomic E-state index is 0.0256. The maximum Gasteiger partial charge on any atom is 0.319 e. The van der Waals surface area contributed by atoms with Gasteiger partial charge in [-0.3, -0.25) is 0 Å². The minimum atomic E-state index is -0.484. The fraction of sp³-hybridized carbons (Fsp3) is 0.682. The Labute approximate surface area is 172 Å². The number of carbonyl (C=O) groups excluding carboxylic acids is 1. The molecule has 2 heterocycles. The van der Waals surface area contributed by atoms with Crippen molar-refractivity contribution in [1.82, 2.24) is 5.32 Å². The lowest BCUT2D eigenvalue weighted by Gasteiger charge is -2.33. The molecule has 3 aliphatic rings. The predicted molar refractivity (Wildman–Crippen MR) is 109 cm³/mol. The van der Waals surface area contributed by atoms with Gasteiger partial charge >= 0.3 is 6.03 Å². The van der Waals surface area contributed by atoms with E-state index in [1.54, 1.807) is 0 Å². The maximum absolute atomic E-state index is 12.3. The zero-order chi connectivity index (χ0) is 20.3. The smallest absolute Gasteiger partial charge is 0.319 e. The van der Waals surface area contributed by atoms with Crippen molar-refractivity contribution in [2.45, 2.75) is 70.9 Å². The lowest BCUT2D eigenvalue weighted by molar-refractivity contribution is -0.131. The van der Waals surface area contributed by atoms with E-state index in [0.29, 0.717) is 31.2 Å². The minimum Gasteiger partial charge on any atom is -0.448 e. The molecule has 0 radical (unpaired) electrons. The third-order valence-electron chi connectivity index (χ3n) is 6.37. The molecule has 1 unspecified atom stereocenters. The molecule has 1 saturated heterocycles. The van der Waals surface area contributed by atoms with Gasteiger partial charge in [0.1, 0.15) is 0 Å². The second-order valence-electron chi connectivity index (χ2n) is 8.55. The molecule has 0 aromatic heterocycles. The summed E-state index contributed by atoms with van der Waals surface area (Å²) in [6.45, 7) is 6.27. The van der Waals surface area contributed by atoms with Crippen LogP contribution in [0.2, 0.25) is 0 Å². The summed E-state index contributed by atoms with van der Waals surface area (Å²) in [4.78, 5) is 12.3. The van der Waals surface area contributed by atoms with Gasteiger partial charge in [0.2, 0.25) is 0 Å². The van der Waals surface area contributed by atoms with E-state index < -0.39 is 5.79 Å². The molecule has 2 amide bonds. The third kappa shape index (κ3) is 4.46. The van der Waals surface area contributed by atoms with E-state index in [4.69, 9.17) is 18.9 Å². The highest BCUT2D eigenvalue weighted by atomic mass is 16.7. The molecule has 1 atom stereocenters. The van der Waals surface area contributed by atoms with Gasteiger partial charge in [-0.1, -0.05) is 13.8 Å². The molecule has 1 spiro atoms. The van der Waals surface area contributed by atoms with E-state index in [2.05, 4.69) is 24.5 Å². The summed E-state index contributed by atoms with van der Waals surface area (Å²) in [6, 6.07) is 5.33. The van der Waals surface area contributed by atoms with Crippen molar-refractivity contribution < 1.29 is 23.7 Å². The Balaban J connectivity index is 1.22. The molecule has 160 valence electrons. The molecule has 2 fully saturated rings. The Hall–Kier alpha value is -1.99. The van der Waals surface area contributed by atoms with Gasteiger partial charge in [0.05, 0.1) is 13.2 Å². The summed E-state index contributed by atoms with van der Waals surface area (Å²) in [5, 5.41) is 5.81. The lowest BCUT2D eigenvalue weighted by atomic mass is 9.82. The molecular weight excluding hydrogens is 372 g/mol. The van der Waals surface area contributed by atoms with Gasteiger partial charge in [0.15, 0.2) is 17.8 Å². The van der Waals surface area contributed by atoms with Crippen molar-refractivity contribution in [2.75, 3.05) is 25.1 Å². The number of benzene rings is 1. The molecule has 7 heteroatoms. The average Bonchev–Trinajstić information content (AvgIpc) is 3.46. The number of carbonyl (C=O) groups is 1. The first-order valence-electron chi connectivity index (χ1n) is 10.8. The van der Waals surface area contributed by atoms with Crippen LogP contribution in [0.4, 0.5) is 10.5 Å². The number of rotatable bonds is 7. The van der Waals surface area contributed by atoms with Crippen LogP contribution in [0.3, 0.4) is 0 Å². The highest BCUT2D eigenvalue weighted by molar-refractivity contribution is 5.89. The number of amides is 2. The van der Waals surface area contributed by atoms with Crippen LogP contribution >= 0.6 is 0 Å². The number of ether oxygens (including phenoxy) is 4. The van der Waals surface area contributed by atoms with Crippen LogP contribution in [-0.2, 0) is 9.47 Å². The molecule has 2 aliphatic heterocycles. The quantitative estimate of drug-likeness (QED) is 0.658. The van der Waals surface area contributed by atoms with Crippen LogP contribution in [0.5, 0.6) is 11.5 Å². The Bertz CT molecular complexity index is 728. The van der Waals surface area contributed by atoms with Crippen molar-refractivity contribution >= 4 is 11.7 Å². The van der Waals surface area contributed by atoms with Gasteiger partial charge in [-0.05, 0) is 44.2 Å². The normalized spacial score (nSPS) is 22.0. The van der Waals surface area contributed by atoms with Crippen LogP contribution < -0.4 is 20.1 Å². The summed E-state index contributed by atoms with van der Waals surface area (Å²) in [7, 11) is 0. The zero-order valence-corrected chi connectivity index (χ0v) is 17.4. The van der Waals surface area contributed by atoms with Crippen LogP contribution in [0.1, 0.15) is 58.8 Å². The number of hydrogen-bond acceptors (Lipinski definition) is 5. The highest BCUT2D eigenvalue weighted by Gasteiger charge is 2.44. The summed E-state index contributed by atoms with van der Waals surface area (Å²) >= 11 is 0. The summed E-state index contributed by atoms with van der Waals surface area (Å²) in [5.74, 6) is 0.982. The summed E-state index contributed by atoms with van der Waals surface area (Å²) in [6.07, 6.45) is 6.71. The lowest BCUT2D eigenvalue weighted by Crippen LogP contribution is -2.35. The van der Waals surface area contributed by atoms with Gasteiger partial charge in [0.25, 0.3) is 5.79 Å². The van der Waals surface area contributed by atoms with Crippen molar-refractivity contribution in [3.8, 4) is 11.5 Å². The van der Waals surface area contributed by atoms with Crippen molar-refractivity contribution in [3.63, 3.8) is 0 Å². The molecule has 1 aliphatic carbocycles. The molecular formula is C22H32N2O5. The Morgan fingerprint density at radius 2 is 1.90 bits per heavy atom. The summed E-state index contributed by atoms with van der Waals surface area (Å²) in [5.41, 5.74) is 0.674. The Morgan fingerprint density at radius 3 is 2.62 bits per heavy atom. The average molecular weight is 405 g/mol. The SMILES string of the molecule is CCC(C)(CCCNC(=O)Nc1ccc2c(c1)OC1(CCCC1)O2)C1OCCO1. The topological polar surface area (TPSA) is 78.1 Å². The van der Waals surface area contributed by atoms with Gasteiger partial charge < -0.3 is 29.6 Å². The number of anilines is 1. The van der Waals surface area contributed by atoms with Gasteiger partial charge in [0, 0.05) is 36.6 Å². The van der Waals surface area contributed by atoms with Gasteiger partial charge in [-0.2, -0.15) is 0 Å². The molecule has 4 rings (SSSR count). The van der Waals surface area contributed by atoms with E-state index in [1.807, 2.05) is 18.2 Å². The second kappa shape index (κ2) is 8.40. The number of fused-ring (bicyclic) bond motifs is 1. The first-order chi connectivity index (χ1) is 14.0. The standard InChI is InChI=1S/C22H32N2O5/c1-3-21(2,19-26-13-14-27-19)9-6-12-23-20(25)24-16-7-8-17-18(15-16)29-22(28-17)10-4-5-11-22/h7-8,15,19H,3-6,9-14H2,1-2H3,(H2,23,24,25). The molecule has 2 N–H and O–H groups in total. The second-order valence-corrected chi connectivity index (χ2v) is 8.55. The highest BCUT2D eigenvalue weighted by Crippen LogP contribution is 2.47. The fourth-order valence-electron chi connectivity index (χ4n) is 4.38. The molecule has 1 aromatic carbocycles. The van der Waals surface area contributed by atoms with Gasteiger partial charge in [-0.25, -0.2) is 4.79 Å². The Morgan fingerprint density at radius 1 is 1.17 bits per heavy atom. The van der Waals surface area contributed by atoms with Crippen molar-refractivity contribution in [2.24, 2.45) is 5.41 Å². The van der Waals surface area contributed by atoms with Crippen molar-refractivity contribution in [1.29, 1.82) is 0 Å². The van der Waals surface area contributed by atoms with Crippen LogP contribution in [0.25, 0.3) is 0 Å². The van der Waals surface area contributed by atoms with Gasteiger partial charge in [-0.15, -0.1) is 0 Å². The third-order valence-corrected chi connectivity index (χ3v) is 6.37. The molecule has 7 nitrogen and oxygen atoms in total. The van der Waals surface area contributed by atoms with Crippen LogP contribution in [0, 0.1) is 5.41 Å². The largest absolute Gasteiger partial charge is 0.448 e. The molecule has 1 saturated carbocycles. The molecule has 1 aromatic rings. The fourth-order valence-corrected chi connectivity index (χ4v) is 4.38. The molecule has 29 heavy (non-hydrogen) atoms. The Kier molecular flexibility index (Phi) is 5.88. The van der Waals surface area contributed by atoms with E-state index in [0.717, 1.165) is 50.7 Å². The van der Waals surface area contributed by atoms with E-state index in [9.17, 15) is 4.79 Å². The van der Waals surface area contributed by atoms with Crippen molar-refractivity contribution in [3.05, 3.63) is 18.2 Å². The number of hydrogen-bond donors (Lipinski definition) is 2. The number of nitrogens with one attached hydrogen (secondary N) is 2. The van der Waals surface area contributed by atoms with E-state index in [1.165, 1.54) is 0 Å². The maximum atomic E-state index is 12.3. The number of urea groups is 1. The summed E-state index contributed by atoms with van der Waals surface area (Å²) < 4.78 is 23.5. The first-order valence-corrected chi connectivity index (χ1v) is 10.8. The predicted octanol–water partition coefficient (Wildman–Crippen LogP) is 4.42. The van der Waals surface area contributed by atoms with E-state index in [-0.39, 0.29) is 17.7 Å². The van der Waals surface area contributed by atoms with E-state index >= 15 is 0 Å². The monoisotopic (exact) mass is 404 g/mol. The zero-order valence-electron chi connectivity index (χ0n) is 17.4. The van der Waals surface area contributed by atoms with Crippen LogP contribution in [-0.4, -0.2) is 37.9 Å².